The van der Waals surface area contributed by atoms with Crippen LogP contribution in [0.3, 0.4) is 0 Å². The number of aryl methyl sites for hydroxylation is 1. The molecule has 1 rings (SSSR count). The third kappa shape index (κ3) is 2.24. The molecule has 0 aliphatic carbocycles. The lowest BCUT2D eigenvalue weighted by molar-refractivity contribution is 0.736. The van der Waals surface area contributed by atoms with E-state index >= 15 is 0 Å². The van der Waals surface area contributed by atoms with Crippen LogP contribution in [0.15, 0.2) is 18.2 Å². The van der Waals surface area contributed by atoms with Crippen molar-refractivity contribution in [2.24, 2.45) is 0 Å². The average molecular weight is 194 g/mol. The van der Waals surface area contributed by atoms with Crippen LogP contribution >= 0.6 is 11.6 Å². The quantitative estimate of drug-likeness (QED) is 0.712. The smallest absolute Gasteiger partial charge is 0.0955 e. The summed E-state index contributed by atoms with van der Waals surface area (Å²) in [6.07, 6.45) is 5.35. The lowest BCUT2D eigenvalue weighted by atomic mass is 10.1. The predicted molar refractivity (Wildman–Crippen MR) is 56.8 cm³/mol. The van der Waals surface area contributed by atoms with E-state index in [1.54, 1.807) is 0 Å². The van der Waals surface area contributed by atoms with Crippen LogP contribution < -0.4 is 5.32 Å². The Hall–Kier alpha value is -0.970. The van der Waals surface area contributed by atoms with Gasteiger partial charge in [-0.15, -0.1) is 6.42 Å². The molecule has 1 N–H and O–H groups in total. The molecular weight excluding hydrogens is 182 g/mol. The molecule has 0 bridgehead atoms. The van der Waals surface area contributed by atoms with Crippen LogP contribution in [0.2, 0.25) is 5.02 Å². The second kappa shape index (κ2) is 4.32. The minimum Gasteiger partial charge on any atom is -0.303 e. The Balaban J connectivity index is 3.09. The van der Waals surface area contributed by atoms with Gasteiger partial charge in [0.25, 0.3) is 0 Å². The van der Waals surface area contributed by atoms with Crippen molar-refractivity contribution in [1.82, 2.24) is 5.32 Å². The van der Waals surface area contributed by atoms with Crippen molar-refractivity contribution in [3.8, 4) is 12.3 Å². The van der Waals surface area contributed by atoms with Gasteiger partial charge in [0.05, 0.1) is 6.04 Å². The van der Waals surface area contributed by atoms with Gasteiger partial charge in [-0.2, -0.15) is 0 Å². The zero-order valence-corrected chi connectivity index (χ0v) is 8.52. The van der Waals surface area contributed by atoms with Gasteiger partial charge in [-0.05, 0) is 31.2 Å². The maximum atomic E-state index is 6.05. The number of benzene rings is 1. The summed E-state index contributed by atoms with van der Waals surface area (Å²) < 4.78 is 0. The molecule has 1 aromatic rings. The number of rotatable bonds is 2. The van der Waals surface area contributed by atoms with Crippen molar-refractivity contribution in [3.05, 3.63) is 34.3 Å². The van der Waals surface area contributed by atoms with E-state index in [-0.39, 0.29) is 6.04 Å². The Morgan fingerprint density at radius 3 is 2.69 bits per heavy atom. The molecule has 1 nitrogen and oxygen atoms in total. The number of hydrogen-bond donors (Lipinski definition) is 1. The number of terminal acetylenes is 1. The molecule has 0 aromatic heterocycles. The monoisotopic (exact) mass is 193 g/mol. The normalized spacial score (nSPS) is 12.2. The highest BCUT2D eigenvalue weighted by molar-refractivity contribution is 6.31. The van der Waals surface area contributed by atoms with Gasteiger partial charge >= 0.3 is 0 Å². The summed E-state index contributed by atoms with van der Waals surface area (Å²) in [7, 11) is 1.82. The first-order valence-corrected chi connectivity index (χ1v) is 4.46. The summed E-state index contributed by atoms with van der Waals surface area (Å²) in [4.78, 5) is 0. The Bertz CT molecular complexity index is 338. The van der Waals surface area contributed by atoms with Crippen molar-refractivity contribution in [1.29, 1.82) is 0 Å². The first kappa shape index (κ1) is 10.1. The first-order chi connectivity index (χ1) is 6.19. The number of halogens is 1. The van der Waals surface area contributed by atoms with Gasteiger partial charge in [-0.25, -0.2) is 0 Å². The van der Waals surface area contributed by atoms with Crippen molar-refractivity contribution < 1.29 is 0 Å². The lowest BCUT2D eigenvalue weighted by Gasteiger charge is -2.11. The van der Waals surface area contributed by atoms with Crippen LogP contribution in [0.5, 0.6) is 0 Å². The Morgan fingerprint density at radius 2 is 2.23 bits per heavy atom. The molecule has 0 spiro atoms. The maximum absolute atomic E-state index is 6.05. The molecule has 0 radical (unpaired) electrons. The third-order valence-electron chi connectivity index (χ3n) is 1.92. The van der Waals surface area contributed by atoms with E-state index in [4.69, 9.17) is 18.0 Å². The second-order valence-electron chi connectivity index (χ2n) is 2.91. The van der Waals surface area contributed by atoms with Crippen LogP contribution in [0.4, 0.5) is 0 Å². The van der Waals surface area contributed by atoms with Crippen LogP contribution in [0.25, 0.3) is 0 Å². The molecule has 1 atom stereocenters. The van der Waals surface area contributed by atoms with E-state index in [0.29, 0.717) is 0 Å². The molecule has 0 saturated heterocycles. The highest BCUT2D eigenvalue weighted by atomic mass is 35.5. The minimum absolute atomic E-state index is 0.104. The fraction of sp³-hybridized carbons (Fsp3) is 0.273. The van der Waals surface area contributed by atoms with E-state index in [1.165, 1.54) is 0 Å². The first-order valence-electron chi connectivity index (χ1n) is 4.08. The standard InChI is InChI=1S/C11H12ClN/c1-4-11(13-3)9-6-5-8(2)7-10(9)12/h1,5-7,11,13H,2-3H3. The molecule has 0 aliphatic heterocycles. The van der Waals surface area contributed by atoms with Gasteiger partial charge < -0.3 is 5.32 Å². The molecule has 68 valence electrons. The Morgan fingerprint density at radius 1 is 1.54 bits per heavy atom. The van der Waals surface area contributed by atoms with Gasteiger partial charge in [0, 0.05) is 5.02 Å². The fourth-order valence-corrected chi connectivity index (χ4v) is 1.54. The molecule has 0 amide bonds. The summed E-state index contributed by atoms with van der Waals surface area (Å²) in [6.45, 7) is 2.00. The number of hydrogen-bond acceptors (Lipinski definition) is 1. The Labute approximate surface area is 84.1 Å². The highest BCUT2D eigenvalue weighted by Gasteiger charge is 2.08. The van der Waals surface area contributed by atoms with E-state index in [2.05, 4.69) is 11.2 Å². The van der Waals surface area contributed by atoms with E-state index in [0.717, 1.165) is 16.1 Å². The fourth-order valence-electron chi connectivity index (χ4n) is 1.19. The molecule has 1 unspecified atom stereocenters. The molecular formula is C11H12ClN. The summed E-state index contributed by atoms with van der Waals surface area (Å²) >= 11 is 6.05. The Kier molecular flexibility index (Phi) is 3.36. The van der Waals surface area contributed by atoms with Crippen molar-refractivity contribution >= 4 is 11.6 Å². The molecule has 13 heavy (non-hydrogen) atoms. The second-order valence-corrected chi connectivity index (χ2v) is 3.32. The van der Waals surface area contributed by atoms with Crippen LogP contribution in [0.1, 0.15) is 17.2 Å². The predicted octanol–water partition coefficient (Wildman–Crippen LogP) is 2.54. The van der Waals surface area contributed by atoms with Gasteiger partial charge in [0.15, 0.2) is 0 Å². The summed E-state index contributed by atoms with van der Waals surface area (Å²) in [5, 5.41) is 3.73. The highest BCUT2D eigenvalue weighted by Crippen LogP contribution is 2.23. The average Bonchev–Trinajstić information content (AvgIpc) is 2.10. The maximum Gasteiger partial charge on any atom is 0.0955 e. The molecule has 0 aliphatic rings. The van der Waals surface area contributed by atoms with E-state index < -0.39 is 0 Å². The minimum atomic E-state index is -0.104. The van der Waals surface area contributed by atoms with Crippen molar-refractivity contribution in [2.45, 2.75) is 13.0 Å². The van der Waals surface area contributed by atoms with Gasteiger partial charge in [0.1, 0.15) is 0 Å². The molecule has 1 aromatic carbocycles. The summed E-state index contributed by atoms with van der Waals surface area (Å²) in [5.74, 6) is 2.63. The zero-order valence-electron chi connectivity index (χ0n) is 7.76. The largest absolute Gasteiger partial charge is 0.303 e. The van der Waals surface area contributed by atoms with Gasteiger partial charge in [0.2, 0.25) is 0 Å². The van der Waals surface area contributed by atoms with E-state index in [1.807, 2.05) is 32.2 Å². The lowest BCUT2D eigenvalue weighted by Crippen LogP contribution is -2.14. The molecule has 0 fully saturated rings. The van der Waals surface area contributed by atoms with Crippen molar-refractivity contribution in [3.63, 3.8) is 0 Å². The van der Waals surface area contributed by atoms with Gasteiger partial charge in [-0.1, -0.05) is 29.7 Å². The summed E-state index contributed by atoms with van der Waals surface area (Å²) in [5.41, 5.74) is 2.10. The van der Waals surface area contributed by atoms with E-state index in [9.17, 15) is 0 Å². The third-order valence-corrected chi connectivity index (χ3v) is 2.25. The van der Waals surface area contributed by atoms with Crippen LogP contribution in [-0.2, 0) is 0 Å². The zero-order chi connectivity index (χ0) is 9.84. The van der Waals surface area contributed by atoms with Crippen LogP contribution in [0, 0.1) is 19.3 Å². The SMILES string of the molecule is C#CC(NC)c1ccc(C)cc1Cl. The molecule has 2 heteroatoms. The summed E-state index contributed by atoms with van der Waals surface area (Å²) in [6, 6.07) is 5.77. The van der Waals surface area contributed by atoms with Crippen molar-refractivity contribution in [2.75, 3.05) is 7.05 Å². The molecule has 0 saturated carbocycles. The van der Waals surface area contributed by atoms with Crippen LogP contribution in [-0.4, -0.2) is 7.05 Å². The topological polar surface area (TPSA) is 12.0 Å². The number of nitrogens with one attached hydrogen (secondary N) is 1. The molecule has 0 heterocycles. The van der Waals surface area contributed by atoms with Gasteiger partial charge in [-0.3, -0.25) is 0 Å².